The molecule has 0 spiro atoms. The lowest BCUT2D eigenvalue weighted by Gasteiger charge is -2.48. The van der Waals surface area contributed by atoms with Gasteiger partial charge in [-0.3, -0.25) is 4.90 Å². The maximum atomic E-state index is 10.6. The molecule has 0 unspecified atom stereocenters. The van der Waals surface area contributed by atoms with Gasteiger partial charge in [-0.2, -0.15) is 0 Å². The molecule has 0 aromatic heterocycles. The van der Waals surface area contributed by atoms with Gasteiger partial charge in [0, 0.05) is 12.6 Å². The van der Waals surface area contributed by atoms with Gasteiger partial charge >= 0.3 is 0 Å². The van der Waals surface area contributed by atoms with Crippen molar-refractivity contribution >= 4 is 0 Å². The maximum absolute atomic E-state index is 10.6. The first-order valence-electron chi connectivity index (χ1n) is 6.90. The average molecular weight is 243 g/mol. The van der Waals surface area contributed by atoms with E-state index in [0.29, 0.717) is 6.04 Å². The van der Waals surface area contributed by atoms with E-state index in [9.17, 15) is 5.11 Å². The number of aliphatic hydroxyl groups excluding tert-OH is 1. The summed E-state index contributed by atoms with van der Waals surface area (Å²) in [5.74, 6) is 0. The minimum absolute atomic E-state index is 0.168. The zero-order valence-electron chi connectivity index (χ0n) is 10.8. The van der Waals surface area contributed by atoms with Gasteiger partial charge in [0.05, 0.1) is 11.6 Å². The smallest absolute Gasteiger partial charge is 0.0766 e. The van der Waals surface area contributed by atoms with Crippen LogP contribution in [0.4, 0.5) is 0 Å². The van der Waals surface area contributed by atoms with E-state index in [1.54, 1.807) is 0 Å². The molecule has 1 N–H and O–H groups in total. The second kappa shape index (κ2) is 4.52. The van der Waals surface area contributed by atoms with E-state index < -0.39 is 0 Å². The van der Waals surface area contributed by atoms with Crippen molar-refractivity contribution in [1.29, 1.82) is 0 Å². The molecule has 2 fully saturated rings. The summed E-state index contributed by atoms with van der Waals surface area (Å²) in [5.41, 5.74) is 1.10. The van der Waals surface area contributed by atoms with Gasteiger partial charge in [0.25, 0.3) is 0 Å². The lowest BCUT2D eigenvalue weighted by Crippen LogP contribution is -2.56. The second-order valence-corrected chi connectivity index (χ2v) is 5.52. The number of hydrogen-bond donors (Lipinski definition) is 1. The molecule has 2 heterocycles. The van der Waals surface area contributed by atoms with E-state index in [1.165, 1.54) is 12.0 Å². The Bertz CT molecular complexity index is 430. The predicted molar refractivity (Wildman–Crippen MR) is 73.3 cm³/mol. The molecule has 1 aromatic carbocycles. The van der Waals surface area contributed by atoms with Gasteiger partial charge in [-0.15, -0.1) is 6.58 Å². The summed E-state index contributed by atoms with van der Waals surface area (Å²) in [6.07, 6.45) is 6.01. The monoisotopic (exact) mass is 243 g/mol. The lowest BCUT2D eigenvalue weighted by molar-refractivity contribution is -0.0557. The Morgan fingerprint density at radius 2 is 2.06 bits per heavy atom. The van der Waals surface area contributed by atoms with Crippen molar-refractivity contribution in [2.24, 2.45) is 0 Å². The van der Waals surface area contributed by atoms with Crippen LogP contribution in [0.3, 0.4) is 0 Å². The predicted octanol–water partition coefficient (Wildman–Crippen LogP) is 2.69. The van der Waals surface area contributed by atoms with Crippen LogP contribution < -0.4 is 0 Å². The van der Waals surface area contributed by atoms with Gasteiger partial charge in [-0.25, -0.2) is 0 Å². The Morgan fingerprint density at radius 3 is 2.78 bits per heavy atom. The SMILES string of the molecule is C=CCN1[C@@H]2CC[C@H](O)[C@@]1(c1ccccc1)CC2. The Labute approximate surface area is 109 Å². The molecule has 0 amide bonds. The fourth-order valence-corrected chi connectivity index (χ4v) is 3.94. The summed E-state index contributed by atoms with van der Waals surface area (Å²) in [5, 5.41) is 10.6. The summed E-state index contributed by atoms with van der Waals surface area (Å²) in [4.78, 5) is 2.48. The third-order valence-corrected chi connectivity index (χ3v) is 4.74. The number of benzene rings is 1. The molecule has 0 saturated carbocycles. The maximum Gasteiger partial charge on any atom is 0.0766 e. The fourth-order valence-electron chi connectivity index (χ4n) is 3.94. The molecular formula is C16H21NO. The molecule has 2 bridgehead atoms. The number of piperidine rings is 1. The Hall–Kier alpha value is -1.12. The van der Waals surface area contributed by atoms with E-state index in [2.05, 4.69) is 35.7 Å². The first-order valence-corrected chi connectivity index (χ1v) is 6.90. The zero-order chi connectivity index (χ0) is 12.6. The van der Waals surface area contributed by atoms with Gasteiger partial charge in [0.15, 0.2) is 0 Å². The zero-order valence-corrected chi connectivity index (χ0v) is 10.8. The van der Waals surface area contributed by atoms with Crippen molar-refractivity contribution in [3.05, 3.63) is 48.6 Å². The van der Waals surface area contributed by atoms with E-state index in [1.807, 2.05) is 12.1 Å². The van der Waals surface area contributed by atoms with Crippen LogP contribution >= 0.6 is 0 Å². The van der Waals surface area contributed by atoms with Gasteiger partial charge in [0.2, 0.25) is 0 Å². The standard InChI is InChI=1S/C16H21NO/c1-2-12-17-14-8-9-15(18)16(17,11-10-14)13-6-4-3-5-7-13/h2-7,14-15,18H,1,8-12H2/t14-,15+,16+/m1/s1. The first kappa shape index (κ1) is 11.9. The number of rotatable bonds is 3. The van der Waals surface area contributed by atoms with Crippen LogP contribution in [0.5, 0.6) is 0 Å². The van der Waals surface area contributed by atoms with Crippen LogP contribution in [0.15, 0.2) is 43.0 Å². The molecule has 2 aliphatic heterocycles. The molecule has 2 nitrogen and oxygen atoms in total. The van der Waals surface area contributed by atoms with Crippen LogP contribution in [-0.2, 0) is 5.54 Å². The lowest BCUT2D eigenvalue weighted by atomic mass is 9.79. The van der Waals surface area contributed by atoms with E-state index in [0.717, 1.165) is 25.8 Å². The minimum atomic E-state index is -0.251. The largest absolute Gasteiger partial charge is 0.391 e. The number of aliphatic hydroxyl groups is 1. The van der Waals surface area contributed by atoms with Crippen LogP contribution in [0.1, 0.15) is 31.2 Å². The first-order chi connectivity index (χ1) is 8.79. The van der Waals surface area contributed by atoms with E-state index >= 15 is 0 Å². The highest BCUT2D eigenvalue weighted by molar-refractivity contribution is 5.30. The highest BCUT2D eigenvalue weighted by atomic mass is 16.3. The van der Waals surface area contributed by atoms with Crippen LogP contribution in [0.2, 0.25) is 0 Å². The average Bonchev–Trinajstić information content (AvgIpc) is 2.68. The summed E-state index contributed by atoms with van der Waals surface area (Å²) in [6, 6.07) is 11.1. The summed E-state index contributed by atoms with van der Waals surface area (Å²) in [7, 11) is 0. The molecule has 18 heavy (non-hydrogen) atoms. The molecule has 3 rings (SSSR count). The Balaban J connectivity index is 2.06. The molecule has 2 heteroatoms. The van der Waals surface area contributed by atoms with Crippen molar-refractivity contribution in [1.82, 2.24) is 4.90 Å². The van der Waals surface area contributed by atoms with Crippen molar-refractivity contribution in [3.8, 4) is 0 Å². The number of fused-ring (bicyclic) bond motifs is 2. The van der Waals surface area contributed by atoms with Gasteiger partial charge in [-0.05, 0) is 31.2 Å². The quantitative estimate of drug-likeness (QED) is 0.825. The summed E-state index contributed by atoms with van der Waals surface area (Å²) < 4.78 is 0. The molecule has 96 valence electrons. The molecule has 2 saturated heterocycles. The Morgan fingerprint density at radius 1 is 1.28 bits per heavy atom. The van der Waals surface area contributed by atoms with Gasteiger partial charge in [-0.1, -0.05) is 36.4 Å². The summed E-state index contributed by atoms with van der Waals surface area (Å²) in [6.45, 7) is 4.75. The summed E-state index contributed by atoms with van der Waals surface area (Å²) >= 11 is 0. The normalized spacial score (nSPS) is 35.6. The number of nitrogens with zero attached hydrogens (tertiary/aromatic N) is 1. The minimum Gasteiger partial charge on any atom is -0.391 e. The molecular weight excluding hydrogens is 222 g/mol. The van der Waals surface area contributed by atoms with Crippen molar-refractivity contribution in [2.45, 2.75) is 43.4 Å². The highest BCUT2D eigenvalue weighted by Crippen LogP contribution is 2.50. The molecule has 0 aliphatic carbocycles. The second-order valence-electron chi connectivity index (χ2n) is 5.52. The highest BCUT2D eigenvalue weighted by Gasteiger charge is 2.54. The van der Waals surface area contributed by atoms with Crippen LogP contribution in [-0.4, -0.2) is 28.7 Å². The topological polar surface area (TPSA) is 23.5 Å². The van der Waals surface area contributed by atoms with Crippen molar-refractivity contribution in [3.63, 3.8) is 0 Å². The van der Waals surface area contributed by atoms with Crippen LogP contribution in [0.25, 0.3) is 0 Å². The molecule has 0 radical (unpaired) electrons. The van der Waals surface area contributed by atoms with Crippen molar-refractivity contribution in [2.75, 3.05) is 6.54 Å². The number of hydrogen-bond acceptors (Lipinski definition) is 2. The van der Waals surface area contributed by atoms with Gasteiger partial charge < -0.3 is 5.11 Å². The molecule has 3 atom stereocenters. The molecule has 2 aliphatic rings. The van der Waals surface area contributed by atoms with Crippen molar-refractivity contribution < 1.29 is 5.11 Å². The van der Waals surface area contributed by atoms with E-state index in [-0.39, 0.29) is 11.6 Å². The molecule has 1 aromatic rings. The Kier molecular flexibility index (Phi) is 3.00. The van der Waals surface area contributed by atoms with E-state index in [4.69, 9.17) is 0 Å². The van der Waals surface area contributed by atoms with Crippen LogP contribution in [0, 0.1) is 0 Å². The third kappa shape index (κ3) is 1.56. The third-order valence-electron chi connectivity index (χ3n) is 4.74. The van der Waals surface area contributed by atoms with Gasteiger partial charge in [0.1, 0.15) is 0 Å². The fraction of sp³-hybridized carbons (Fsp3) is 0.500.